The topological polar surface area (TPSA) is 38.3 Å². The molecule has 3 nitrogen and oxygen atoms in total. The second-order valence-electron chi connectivity index (χ2n) is 6.02. The lowest BCUT2D eigenvalue weighted by Crippen LogP contribution is -2.31. The van der Waals surface area contributed by atoms with Crippen molar-refractivity contribution in [2.24, 2.45) is 0 Å². The molecule has 0 spiro atoms. The first-order valence-corrected chi connectivity index (χ1v) is 8.98. The van der Waals surface area contributed by atoms with E-state index in [1.165, 1.54) is 0 Å². The minimum Gasteiger partial charge on any atom is -0.479 e. The maximum atomic E-state index is 12.5. The molecule has 2 aromatic rings. The number of anilines is 1. The van der Waals surface area contributed by atoms with Crippen molar-refractivity contribution in [3.8, 4) is 5.75 Å². The van der Waals surface area contributed by atoms with Gasteiger partial charge in [0.05, 0.1) is 5.02 Å². The number of para-hydroxylation sites is 1. The molecule has 0 aliphatic heterocycles. The Morgan fingerprint density at radius 2 is 1.92 bits per heavy atom. The van der Waals surface area contributed by atoms with Gasteiger partial charge in [0.2, 0.25) is 0 Å². The van der Waals surface area contributed by atoms with Crippen LogP contribution in [0, 0.1) is 6.92 Å². The number of nitrogens with one attached hydrogen (secondary N) is 1. The summed E-state index contributed by atoms with van der Waals surface area (Å²) in [4.78, 5) is 12.5. The molecule has 24 heavy (non-hydrogen) atoms. The number of carbonyl (C=O) groups is 1. The zero-order valence-electron chi connectivity index (χ0n) is 14.2. The fourth-order valence-electron chi connectivity index (χ4n) is 2.38. The van der Waals surface area contributed by atoms with Gasteiger partial charge in [-0.15, -0.1) is 0 Å². The normalized spacial score (nSPS) is 12.1. The molecule has 5 heteroatoms. The number of carbonyl (C=O) groups excluding carboxylic acids is 1. The van der Waals surface area contributed by atoms with Gasteiger partial charge in [-0.1, -0.05) is 59.6 Å². The van der Waals surface area contributed by atoms with Gasteiger partial charge in [-0.05, 0) is 49.1 Å². The number of ether oxygens (including phenoxy) is 1. The van der Waals surface area contributed by atoms with Crippen LogP contribution in [0.25, 0.3) is 0 Å². The van der Waals surface area contributed by atoms with Crippen LogP contribution in [-0.4, -0.2) is 12.0 Å². The molecule has 0 saturated carbocycles. The van der Waals surface area contributed by atoms with Gasteiger partial charge in [0.15, 0.2) is 6.10 Å². The Morgan fingerprint density at radius 1 is 1.21 bits per heavy atom. The lowest BCUT2D eigenvalue weighted by Gasteiger charge is -2.20. The molecule has 0 heterocycles. The first-order chi connectivity index (χ1) is 11.3. The molecule has 0 aromatic heterocycles. The molecule has 128 valence electrons. The Morgan fingerprint density at radius 3 is 2.54 bits per heavy atom. The number of benzene rings is 2. The Hall–Kier alpha value is -1.52. The molecule has 2 rings (SSSR count). The lowest BCUT2D eigenvalue weighted by molar-refractivity contribution is -0.122. The predicted octanol–water partition coefficient (Wildman–Crippen LogP) is 5.94. The van der Waals surface area contributed by atoms with Gasteiger partial charge in [0.1, 0.15) is 5.75 Å². The van der Waals surface area contributed by atoms with Gasteiger partial charge < -0.3 is 10.1 Å². The SMILES string of the molecule is Cc1cccc(C(C)C)c1NC(=O)[C@H](C)Oc1ccc(Br)cc1Cl. The second-order valence-corrected chi connectivity index (χ2v) is 7.34. The van der Waals surface area contributed by atoms with E-state index in [0.717, 1.165) is 21.3 Å². The monoisotopic (exact) mass is 409 g/mol. The lowest BCUT2D eigenvalue weighted by atomic mass is 9.98. The average Bonchev–Trinajstić information content (AvgIpc) is 2.51. The highest BCUT2D eigenvalue weighted by molar-refractivity contribution is 9.10. The van der Waals surface area contributed by atoms with Crippen LogP contribution in [0.1, 0.15) is 37.8 Å². The third-order valence-corrected chi connectivity index (χ3v) is 4.53. The minimum absolute atomic E-state index is 0.204. The van der Waals surface area contributed by atoms with Crippen LogP contribution >= 0.6 is 27.5 Å². The highest BCUT2D eigenvalue weighted by Gasteiger charge is 2.19. The quantitative estimate of drug-likeness (QED) is 0.662. The number of hydrogen-bond donors (Lipinski definition) is 1. The van der Waals surface area contributed by atoms with Gasteiger partial charge in [0, 0.05) is 10.2 Å². The van der Waals surface area contributed by atoms with Crippen molar-refractivity contribution < 1.29 is 9.53 Å². The van der Waals surface area contributed by atoms with Crippen molar-refractivity contribution in [2.45, 2.75) is 39.7 Å². The van der Waals surface area contributed by atoms with E-state index in [0.29, 0.717) is 16.7 Å². The van der Waals surface area contributed by atoms with E-state index in [2.05, 4.69) is 35.1 Å². The van der Waals surface area contributed by atoms with Crippen LogP contribution in [0.15, 0.2) is 40.9 Å². The Labute approximate surface area is 156 Å². The summed E-state index contributed by atoms with van der Waals surface area (Å²) in [6, 6.07) is 11.3. The van der Waals surface area contributed by atoms with Gasteiger partial charge in [0.25, 0.3) is 5.91 Å². The molecule has 0 aliphatic carbocycles. The maximum absolute atomic E-state index is 12.5. The summed E-state index contributed by atoms with van der Waals surface area (Å²) in [5.74, 6) is 0.596. The molecule has 0 fully saturated rings. The molecule has 0 bridgehead atoms. The molecule has 0 radical (unpaired) electrons. The number of hydrogen-bond acceptors (Lipinski definition) is 2. The average molecular weight is 411 g/mol. The largest absolute Gasteiger partial charge is 0.479 e. The van der Waals surface area contributed by atoms with Crippen molar-refractivity contribution in [2.75, 3.05) is 5.32 Å². The number of aryl methyl sites for hydroxylation is 1. The van der Waals surface area contributed by atoms with Crippen molar-refractivity contribution >= 4 is 39.1 Å². The Kier molecular flexibility index (Phi) is 6.30. The summed E-state index contributed by atoms with van der Waals surface area (Å²) in [6.07, 6.45) is -0.664. The summed E-state index contributed by atoms with van der Waals surface area (Å²) < 4.78 is 6.57. The predicted molar refractivity (Wildman–Crippen MR) is 103 cm³/mol. The van der Waals surface area contributed by atoms with E-state index in [1.54, 1.807) is 19.1 Å². The van der Waals surface area contributed by atoms with Crippen molar-refractivity contribution in [1.29, 1.82) is 0 Å². The molecule has 0 saturated heterocycles. The van der Waals surface area contributed by atoms with Gasteiger partial charge >= 0.3 is 0 Å². The maximum Gasteiger partial charge on any atom is 0.265 e. The molecule has 0 unspecified atom stereocenters. The van der Waals surface area contributed by atoms with E-state index >= 15 is 0 Å². The van der Waals surface area contributed by atoms with Crippen LogP contribution in [0.5, 0.6) is 5.75 Å². The van der Waals surface area contributed by atoms with Crippen molar-refractivity contribution in [3.63, 3.8) is 0 Å². The minimum atomic E-state index is -0.664. The van der Waals surface area contributed by atoms with Crippen LogP contribution in [0.2, 0.25) is 5.02 Å². The second kappa shape index (κ2) is 8.04. The summed E-state index contributed by atoms with van der Waals surface area (Å²) in [5, 5.41) is 3.46. The zero-order valence-corrected chi connectivity index (χ0v) is 16.5. The highest BCUT2D eigenvalue weighted by Crippen LogP contribution is 2.30. The van der Waals surface area contributed by atoms with Crippen molar-refractivity contribution in [3.05, 3.63) is 57.0 Å². The summed E-state index contributed by atoms with van der Waals surface area (Å²) in [7, 11) is 0. The number of rotatable bonds is 5. The Bertz CT molecular complexity index is 746. The zero-order chi connectivity index (χ0) is 17.9. The fraction of sp³-hybridized carbons (Fsp3) is 0.316. The molecule has 1 N–H and O–H groups in total. The molecule has 0 aliphatic rings. The van der Waals surface area contributed by atoms with E-state index in [-0.39, 0.29) is 5.91 Å². The van der Waals surface area contributed by atoms with Gasteiger partial charge in [-0.25, -0.2) is 0 Å². The first-order valence-electron chi connectivity index (χ1n) is 7.81. The standard InChI is InChI=1S/C19H21BrClNO2/c1-11(2)15-7-5-6-12(3)18(15)22-19(23)13(4)24-17-9-8-14(20)10-16(17)21/h5-11,13H,1-4H3,(H,22,23)/t13-/m0/s1. The third-order valence-electron chi connectivity index (χ3n) is 3.74. The van der Waals surface area contributed by atoms with E-state index in [4.69, 9.17) is 16.3 Å². The molecule has 1 atom stereocenters. The smallest absolute Gasteiger partial charge is 0.265 e. The van der Waals surface area contributed by atoms with Crippen LogP contribution < -0.4 is 10.1 Å². The van der Waals surface area contributed by atoms with Gasteiger partial charge in [-0.2, -0.15) is 0 Å². The molecular formula is C19H21BrClNO2. The van der Waals surface area contributed by atoms with Crippen LogP contribution in [0.3, 0.4) is 0 Å². The number of amides is 1. The van der Waals surface area contributed by atoms with E-state index in [9.17, 15) is 4.79 Å². The summed E-state index contributed by atoms with van der Waals surface area (Å²) in [6.45, 7) is 7.90. The Balaban J connectivity index is 2.15. The first kappa shape index (κ1) is 18.8. The fourth-order valence-corrected chi connectivity index (χ4v) is 3.10. The van der Waals surface area contributed by atoms with Crippen molar-refractivity contribution in [1.82, 2.24) is 0 Å². The number of halogens is 2. The third kappa shape index (κ3) is 4.52. The van der Waals surface area contributed by atoms with E-state index in [1.807, 2.05) is 31.2 Å². The highest BCUT2D eigenvalue weighted by atomic mass is 79.9. The van der Waals surface area contributed by atoms with Crippen LogP contribution in [-0.2, 0) is 4.79 Å². The molecule has 1 amide bonds. The molecule has 2 aromatic carbocycles. The summed E-state index contributed by atoms with van der Waals surface area (Å²) >= 11 is 9.49. The van der Waals surface area contributed by atoms with Gasteiger partial charge in [-0.3, -0.25) is 4.79 Å². The molecular weight excluding hydrogens is 390 g/mol. The summed E-state index contributed by atoms with van der Waals surface area (Å²) in [5.41, 5.74) is 3.00. The van der Waals surface area contributed by atoms with E-state index < -0.39 is 6.10 Å². The van der Waals surface area contributed by atoms with Crippen LogP contribution in [0.4, 0.5) is 5.69 Å².